The summed E-state index contributed by atoms with van der Waals surface area (Å²) in [4.78, 5) is 79.9. The Balaban J connectivity index is 0.842. The van der Waals surface area contributed by atoms with Gasteiger partial charge in [-0.05, 0) is 54.2 Å². The number of aliphatic hydroxyl groups excluding tert-OH is 1. The summed E-state index contributed by atoms with van der Waals surface area (Å²) in [6.45, 7) is 8.62. The molecule has 0 aliphatic carbocycles. The van der Waals surface area contributed by atoms with E-state index in [0.29, 0.717) is 41.8 Å². The zero-order valence-electron chi connectivity index (χ0n) is 37.1. The molecule has 0 radical (unpaired) electrons. The summed E-state index contributed by atoms with van der Waals surface area (Å²) in [7, 11) is 1.93. The number of β-amino-alcohol motifs (C(OH)–C–C–N with tert-alkyl or cyclic N) is 1. The number of thiazole rings is 1. The molecule has 1 aliphatic heterocycles. The second-order valence-corrected chi connectivity index (χ2v) is 18.1. The number of nitrogens with zero attached hydrogens (tertiary/aromatic N) is 8. The molecule has 65 heavy (non-hydrogen) atoms. The number of nitrogens with two attached hydrogens (primary N) is 1. The van der Waals surface area contributed by atoms with E-state index < -0.39 is 29.5 Å². The van der Waals surface area contributed by atoms with Crippen molar-refractivity contribution < 1.29 is 24.3 Å². The van der Waals surface area contributed by atoms with E-state index >= 15 is 0 Å². The fourth-order valence-corrected chi connectivity index (χ4v) is 8.39. The Kier molecular flexibility index (Phi) is 14.3. The first-order valence-corrected chi connectivity index (χ1v) is 22.3. The number of amides is 4. The molecule has 2 aromatic carbocycles. The summed E-state index contributed by atoms with van der Waals surface area (Å²) in [5.74, 6) is -0.557. The Labute approximate surface area is 381 Å². The van der Waals surface area contributed by atoms with Crippen LogP contribution in [-0.4, -0.2) is 108 Å². The molecule has 7 N–H and O–H groups in total. The van der Waals surface area contributed by atoms with Gasteiger partial charge >= 0.3 is 0 Å². The lowest BCUT2D eigenvalue weighted by molar-refractivity contribution is -0.144. The van der Waals surface area contributed by atoms with Crippen molar-refractivity contribution >= 4 is 63.6 Å². The number of imidazole rings is 1. The van der Waals surface area contributed by atoms with Crippen LogP contribution in [0.15, 0.2) is 85.0 Å². The number of rotatable bonds is 17. The Hall–Kier alpha value is -6.99. The van der Waals surface area contributed by atoms with Gasteiger partial charge in [0, 0.05) is 82.5 Å². The van der Waals surface area contributed by atoms with Gasteiger partial charge in [0.1, 0.15) is 29.3 Å². The summed E-state index contributed by atoms with van der Waals surface area (Å²) < 4.78 is 1.85. The maximum atomic E-state index is 14.0. The summed E-state index contributed by atoms with van der Waals surface area (Å²) in [6, 6.07) is 13.8. The van der Waals surface area contributed by atoms with E-state index in [9.17, 15) is 24.3 Å². The third-order valence-electron chi connectivity index (χ3n) is 11.1. The number of carbonyl (C=O) groups is 4. The van der Waals surface area contributed by atoms with Crippen molar-refractivity contribution in [3.63, 3.8) is 0 Å². The second kappa shape index (κ2) is 20.2. The Bertz CT molecular complexity index is 2630. The number of nitrogens with one attached hydrogen (secondary N) is 4. The van der Waals surface area contributed by atoms with Gasteiger partial charge in [-0.25, -0.2) is 19.9 Å². The lowest BCUT2D eigenvalue weighted by Crippen LogP contribution is -2.57. The largest absolute Gasteiger partial charge is 0.391 e. The van der Waals surface area contributed by atoms with Crippen molar-refractivity contribution in [2.45, 2.75) is 78.1 Å². The molecule has 7 rings (SSSR count). The van der Waals surface area contributed by atoms with E-state index in [0.717, 1.165) is 33.1 Å². The van der Waals surface area contributed by atoms with Crippen molar-refractivity contribution in [3.8, 4) is 21.8 Å². The number of carbonyl (C=O) groups excluding carboxylic acids is 4. The molecular weight excluding hydrogens is 847 g/mol. The van der Waals surface area contributed by atoms with Gasteiger partial charge in [0.05, 0.1) is 34.6 Å². The van der Waals surface area contributed by atoms with Crippen LogP contribution < -0.4 is 31.9 Å². The summed E-state index contributed by atoms with van der Waals surface area (Å²) in [5, 5.41) is 22.6. The molecule has 19 heteroatoms. The normalized spacial score (nSPS) is 15.4. The quantitative estimate of drug-likeness (QED) is 0.0742. The number of aliphatic hydroxyl groups is 1. The van der Waals surface area contributed by atoms with Crippen LogP contribution in [0, 0.1) is 12.3 Å². The van der Waals surface area contributed by atoms with Crippen molar-refractivity contribution in [1.82, 2.24) is 50.2 Å². The molecule has 0 spiro atoms. The summed E-state index contributed by atoms with van der Waals surface area (Å²) in [6.07, 6.45) is 8.05. The molecule has 3 atom stereocenters. The van der Waals surface area contributed by atoms with E-state index in [1.54, 1.807) is 23.7 Å². The number of benzene rings is 2. The van der Waals surface area contributed by atoms with Crippen molar-refractivity contribution in [2.75, 3.05) is 42.6 Å². The number of aryl methyl sites for hydroxylation is 1. The van der Waals surface area contributed by atoms with Crippen molar-refractivity contribution in [1.29, 1.82) is 0 Å². The van der Waals surface area contributed by atoms with Crippen LogP contribution in [0.25, 0.3) is 27.5 Å². The average Bonchev–Trinajstić information content (AvgIpc) is 4.04. The highest BCUT2D eigenvalue weighted by atomic mass is 32.1. The van der Waals surface area contributed by atoms with Gasteiger partial charge in [0.25, 0.3) is 0 Å². The fraction of sp³-hybridized carbons (Fsp3) is 0.370. The highest BCUT2D eigenvalue weighted by Gasteiger charge is 2.44. The van der Waals surface area contributed by atoms with Gasteiger partial charge in [-0.3, -0.25) is 24.2 Å². The molecule has 340 valence electrons. The molecule has 5 heterocycles. The smallest absolute Gasteiger partial charge is 0.246 e. The number of likely N-dealkylation sites (tertiary alicyclic amines) is 1. The van der Waals surface area contributed by atoms with E-state index in [1.165, 1.54) is 11.1 Å². The molecule has 4 aromatic heterocycles. The minimum Gasteiger partial charge on any atom is -0.391 e. The van der Waals surface area contributed by atoms with Crippen molar-refractivity contribution in [2.24, 2.45) is 5.41 Å². The zero-order valence-corrected chi connectivity index (χ0v) is 37.9. The zero-order chi connectivity index (χ0) is 46.3. The summed E-state index contributed by atoms with van der Waals surface area (Å²) >= 11 is 1.57. The SMILES string of the molecule is Cc1ncsc1-c1ccc(CNC(=O)[C@@H]2C[C@@H](O)CN2C(=O)[C@@H](NC(=O)CCCC(=O)NCCN(C)c2ccc(Nc3nc(-c4cncc(N)n4)cn4ccnc34)cc2)C(C)(C)C)cc1. The van der Waals surface area contributed by atoms with E-state index in [2.05, 4.69) is 41.2 Å². The van der Waals surface area contributed by atoms with Crippen LogP contribution >= 0.6 is 11.3 Å². The first-order chi connectivity index (χ1) is 31.1. The van der Waals surface area contributed by atoms with Crippen LogP contribution in [0.3, 0.4) is 0 Å². The van der Waals surface area contributed by atoms with Gasteiger partial charge in [-0.15, -0.1) is 11.3 Å². The standard InChI is InChI=1S/C46H55N13O5S/c1-28-40(65-27-52-28)30-11-9-29(10-12-30)22-51-44(63)36-21-33(60)25-59(36)45(64)41(46(2,3)4)56-39(62)8-6-7-38(61)49-17-19-57(5)32-15-13-31(14-16-32)53-42-43-50-18-20-58(43)26-35(55-42)34-23-48-24-37(47)54-34/h9-16,18,20,23-24,26-27,33,36,41,60H,6-8,17,19,21-22,25H2,1-5H3,(H2,47,54)(H,49,61)(H,51,63)(H,53,55)(H,56,62)/t33-,36+,41-/m1/s1. The minimum atomic E-state index is -0.960. The highest BCUT2D eigenvalue weighted by Crippen LogP contribution is 2.29. The van der Waals surface area contributed by atoms with Gasteiger partial charge in [-0.2, -0.15) is 0 Å². The van der Waals surface area contributed by atoms with Crippen LogP contribution in [0.2, 0.25) is 0 Å². The van der Waals surface area contributed by atoms with Crippen molar-refractivity contribution in [3.05, 3.63) is 96.3 Å². The van der Waals surface area contributed by atoms with Gasteiger partial charge in [0.15, 0.2) is 11.5 Å². The highest BCUT2D eigenvalue weighted by molar-refractivity contribution is 7.13. The third kappa shape index (κ3) is 11.6. The Morgan fingerprint density at radius 3 is 2.43 bits per heavy atom. The van der Waals surface area contributed by atoms with Crippen LogP contribution in [0.1, 0.15) is 57.7 Å². The average molecular weight is 902 g/mol. The molecule has 18 nitrogen and oxygen atoms in total. The topological polar surface area (TPSA) is 238 Å². The number of hydrogen-bond donors (Lipinski definition) is 6. The van der Waals surface area contributed by atoms with Gasteiger partial charge in [0.2, 0.25) is 23.6 Å². The van der Waals surface area contributed by atoms with E-state index in [4.69, 9.17) is 10.7 Å². The molecule has 0 saturated carbocycles. The predicted molar refractivity (Wildman–Crippen MR) is 250 cm³/mol. The molecule has 6 aromatic rings. The molecular formula is C46H55N13O5S. The number of likely N-dealkylation sites (N-methyl/N-ethyl adjacent to an activating group) is 1. The van der Waals surface area contributed by atoms with E-state index in [1.807, 2.05) is 110 Å². The first-order valence-electron chi connectivity index (χ1n) is 21.4. The summed E-state index contributed by atoms with van der Waals surface area (Å²) in [5.41, 5.74) is 13.3. The molecule has 1 saturated heterocycles. The lowest BCUT2D eigenvalue weighted by atomic mass is 9.85. The Morgan fingerprint density at radius 1 is 0.969 bits per heavy atom. The number of anilines is 4. The van der Waals surface area contributed by atoms with Gasteiger partial charge < -0.3 is 46.3 Å². The maximum absolute atomic E-state index is 14.0. The minimum absolute atomic E-state index is 0.0223. The first kappa shape index (κ1) is 46.0. The molecule has 1 aliphatic rings. The Morgan fingerprint density at radius 2 is 1.72 bits per heavy atom. The number of fused-ring (bicyclic) bond motifs is 1. The fourth-order valence-electron chi connectivity index (χ4n) is 7.58. The van der Waals surface area contributed by atoms with Gasteiger partial charge in [-0.1, -0.05) is 45.0 Å². The number of nitrogen functional groups attached to an aromatic ring is 1. The monoisotopic (exact) mass is 901 g/mol. The van der Waals surface area contributed by atoms with Crippen LogP contribution in [0.5, 0.6) is 0 Å². The molecule has 0 unspecified atom stereocenters. The predicted octanol–water partition coefficient (Wildman–Crippen LogP) is 4.48. The molecule has 1 fully saturated rings. The molecule has 0 bridgehead atoms. The van der Waals surface area contributed by atoms with Crippen LogP contribution in [0.4, 0.5) is 23.0 Å². The van der Waals surface area contributed by atoms with Crippen LogP contribution in [-0.2, 0) is 25.7 Å². The number of aromatic nitrogens is 6. The maximum Gasteiger partial charge on any atom is 0.246 e. The van der Waals surface area contributed by atoms with E-state index in [-0.39, 0.29) is 56.5 Å². The lowest BCUT2D eigenvalue weighted by Gasteiger charge is -2.35. The number of hydrogen-bond acceptors (Lipinski definition) is 14. The molecule has 4 amide bonds. The second-order valence-electron chi connectivity index (χ2n) is 17.2. The third-order valence-corrected chi connectivity index (χ3v) is 12.1.